The molecule has 1 aliphatic heterocycles. The van der Waals surface area contributed by atoms with Crippen molar-refractivity contribution in [2.24, 2.45) is 5.92 Å². The van der Waals surface area contributed by atoms with E-state index >= 15 is 0 Å². The maximum atomic E-state index is 12.9. The average molecular weight is 393 g/mol. The molecule has 0 saturated carbocycles. The molecule has 28 heavy (non-hydrogen) atoms. The van der Waals surface area contributed by atoms with Crippen molar-refractivity contribution in [1.29, 1.82) is 0 Å². The van der Waals surface area contributed by atoms with Crippen LogP contribution < -0.4 is 20.1 Å². The van der Waals surface area contributed by atoms with Gasteiger partial charge in [0.1, 0.15) is 11.5 Å². The van der Waals surface area contributed by atoms with Crippen LogP contribution in [0.1, 0.15) is 24.8 Å². The molecule has 0 unspecified atom stereocenters. The van der Waals surface area contributed by atoms with Gasteiger partial charge in [-0.3, -0.25) is 4.79 Å². The Morgan fingerprint density at radius 3 is 2.57 bits per heavy atom. The van der Waals surface area contributed by atoms with Gasteiger partial charge in [0.05, 0.1) is 20.1 Å². The van der Waals surface area contributed by atoms with Gasteiger partial charge < -0.3 is 29.7 Å². The summed E-state index contributed by atoms with van der Waals surface area (Å²) in [5.41, 5.74) is 0.895. The first-order valence-corrected chi connectivity index (χ1v) is 9.57. The fraction of sp³-hybridized carbons (Fsp3) is 0.600. The fourth-order valence-corrected chi connectivity index (χ4v) is 3.50. The zero-order chi connectivity index (χ0) is 20.5. The summed E-state index contributed by atoms with van der Waals surface area (Å²) in [4.78, 5) is 26.9. The summed E-state index contributed by atoms with van der Waals surface area (Å²) in [6.45, 7) is 4.35. The van der Waals surface area contributed by atoms with Crippen molar-refractivity contribution in [3.63, 3.8) is 0 Å². The zero-order valence-corrected chi connectivity index (χ0v) is 17.1. The molecular formula is C20H31N3O5. The van der Waals surface area contributed by atoms with Crippen molar-refractivity contribution in [2.75, 3.05) is 54.1 Å². The minimum Gasteiger partial charge on any atom is -0.497 e. The van der Waals surface area contributed by atoms with Crippen LogP contribution in [0.25, 0.3) is 0 Å². The molecule has 2 rings (SSSR count). The molecule has 2 atom stereocenters. The second-order valence-electron chi connectivity index (χ2n) is 6.70. The number of methoxy groups -OCH3 is 3. The van der Waals surface area contributed by atoms with Crippen LogP contribution in [-0.4, -0.2) is 71.0 Å². The largest absolute Gasteiger partial charge is 0.497 e. The first kappa shape index (κ1) is 21.8. The average Bonchev–Trinajstić information content (AvgIpc) is 3.16. The van der Waals surface area contributed by atoms with Gasteiger partial charge in [0.2, 0.25) is 5.91 Å². The molecule has 1 aliphatic rings. The summed E-state index contributed by atoms with van der Waals surface area (Å²) in [7, 11) is 4.82. The van der Waals surface area contributed by atoms with Crippen LogP contribution in [0, 0.1) is 5.92 Å². The van der Waals surface area contributed by atoms with E-state index in [0.29, 0.717) is 44.3 Å². The predicted molar refractivity (Wildman–Crippen MR) is 106 cm³/mol. The summed E-state index contributed by atoms with van der Waals surface area (Å²) >= 11 is 0. The predicted octanol–water partition coefficient (Wildman–Crippen LogP) is 1.60. The third-order valence-electron chi connectivity index (χ3n) is 4.94. The summed E-state index contributed by atoms with van der Waals surface area (Å²) < 4.78 is 15.8. The lowest BCUT2D eigenvalue weighted by molar-refractivity contribution is -0.124. The number of nitrogens with one attached hydrogen (secondary N) is 2. The van der Waals surface area contributed by atoms with Crippen molar-refractivity contribution in [1.82, 2.24) is 15.5 Å². The number of nitrogens with zero attached hydrogens (tertiary/aromatic N) is 1. The van der Waals surface area contributed by atoms with E-state index in [2.05, 4.69) is 10.6 Å². The Labute approximate surface area is 166 Å². The Hall–Kier alpha value is -2.48. The molecule has 2 N–H and O–H groups in total. The Morgan fingerprint density at radius 1 is 1.14 bits per heavy atom. The van der Waals surface area contributed by atoms with Crippen LogP contribution in [-0.2, 0) is 9.53 Å². The minimum absolute atomic E-state index is 0.0641. The molecule has 1 aromatic carbocycles. The number of rotatable bonds is 9. The molecular weight excluding hydrogens is 362 g/mol. The van der Waals surface area contributed by atoms with E-state index < -0.39 is 0 Å². The standard InChI is InChI=1S/C20H31N3O5/c1-5-21-20(25)23-12-16(15-8-7-14(27-3)11-18(15)28-4)17(13-23)19(24)22-9-6-10-26-2/h7-8,11,16-17H,5-6,9-10,12-13H2,1-4H3,(H,21,25)(H,22,24)/t16-,17+/m1/s1. The quantitative estimate of drug-likeness (QED) is 0.622. The van der Waals surface area contributed by atoms with Gasteiger partial charge in [-0.2, -0.15) is 0 Å². The molecule has 0 spiro atoms. The SMILES string of the molecule is CCNC(=O)N1C[C@H](C(=O)NCCCOC)[C@@H](c2ccc(OC)cc2OC)C1. The van der Waals surface area contributed by atoms with E-state index in [-0.39, 0.29) is 23.8 Å². The molecule has 1 saturated heterocycles. The summed E-state index contributed by atoms with van der Waals surface area (Å²) in [6.07, 6.45) is 0.742. The van der Waals surface area contributed by atoms with Gasteiger partial charge in [0, 0.05) is 57.4 Å². The van der Waals surface area contributed by atoms with E-state index in [1.165, 1.54) is 0 Å². The molecule has 1 heterocycles. The first-order valence-electron chi connectivity index (χ1n) is 9.57. The van der Waals surface area contributed by atoms with Crippen LogP contribution in [0.15, 0.2) is 18.2 Å². The van der Waals surface area contributed by atoms with Gasteiger partial charge in [-0.25, -0.2) is 4.79 Å². The van der Waals surface area contributed by atoms with E-state index in [1.807, 2.05) is 19.1 Å². The molecule has 0 aliphatic carbocycles. The van der Waals surface area contributed by atoms with Crippen molar-refractivity contribution >= 4 is 11.9 Å². The number of carbonyl (C=O) groups is 2. The number of carbonyl (C=O) groups excluding carboxylic acids is 2. The summed E-state index contributed by atoms with van der Waals surface area (Å²) in [6, 6.07) is 5.40. The molecule has 0 aromatic heterocycles. The summed E-state index contributed by atoms with van der Waals surface area (Å²) in [5, 5.41) is 5.78. The molecule has 8 nitrogen and oxygen atoms in total. The van der Waals surface area contributed by atoms with E-state index in [1.54, 1.807) is 32.3 Å². The van der Waals surface area contributed by atoms with Gasteiger partial charge in [0.15, 0.2) is 0 Å². The lowest BCUT2D eigenvalue weighted by Gasteiger charge is -2.21. The number of amides is 3. The fourth-order valence-electron chi connectivity index (χ4n) is 3.50. The number of benzene rings is 1. The van der Waals surface area contributed by atoms with Gasteiger partial charge in [-0.05, 0) is 19.4 Å². The highest BCUT2D eigenvalue weighted by molar-refractivity contribution is 5.83. The van der Waals surface area contributed by atoms with Crippen LogP contribution in [0.3, 0.4) is 0 Å². The molecule has 3 amide bonds. The third kappa shape index (κ3) is 5.28. The molecule has 156 valence electrons. The van der Waals surface area contributed by atoms with Crippen molar-refractivity contribution < 1.29 is 23.8 Å². The number of ether oxygens (including phenoxy) is 3. The van der Waals surface area contributed by atoms with E-state index in [9.17, 15) is 9.59 Å². The smallest absolute Gasteiger partial charge is 0.317 e. The third-order valence-corrected chi connectivity index (χ3v) is 4.94. The van der Waals surface area contributed by atoms with E-state index in [4.69, 9.17) is 14.2 Å². The highest BCUT2D eigenvalue weighted by atomic mass is 16.5. The topological polar surface area (TPSA) is 89.1 Å². The van der Waals surface area contributed by atoms with Crippen molar-refractivity contribution in [3.8, 4) is 11.5 Å². The van der Waals surface area contributed by atoms with Crippen LogP contribution in [0.2, 0.25) is 0 Å². The van der Waals surface area contributed by atoms with Crippen LogP contribution in [0.5, 0.6) is 11.5 Å². The Bertz CT molecular complexity index is 667. The van der Waals surface area contributed by atoms with Gasteiger partial charge in [-0.1, -0.05) is 6.07 Å². The highest BCUT2D eigenvalue weighted by Crippen LogP contribution is 2.39. The minimum atomic E-state index is -0.354. The molecule has 1 fully saturated rings. The van der Waals surface area contributed by atoms with Crippen LogP contribution >= 0.6 is 0 Å². The number of hydrogen-bond donors (Lipinski definition) is 2. The molecule has 0 radical (unpaired) electrons. The number of urea groups is 1. The number of hydrogen-bond acceptors (Lipinski definition) is 5. The monoisotopic (exact) mass is 393 g/mol. The lowest BCUT2D eigenvalue weighted by atomic mass is 9.87. The maximum absolute atomic E-state index is 12.9. The Morgan fingerprint density at radius 2 is 1.93 bits per heavy atom. The maximum Gasteiger partial charge on any atom is 0.317 e. The zero-order valence-electron chi connectivity index (χ0n) is 17.1. The highest BCUT2D eigenvalue weighted by Gasteiger charge is 2.41. The normalized spacial score (nSPS) is 18.6. The van der Waals surface area contributed by atoms with Gasteiger partial charge >= 0.3 is 6.03 Å². The second kappa shape index (κ2) is 10.8. The Balaban J connectivity index is 2.24. The van der Waals surface area contributed by atoms with Gasteiger partial charge in [0.25, 0.3) is 0 Å². The Kier molecular flexibility index (Phi) is 8.38. The molecule has 0 bridgehead atoms. The van der Waals surface area contributed by atoms with Crippen molar-refractivity contribution in [3.05, 3.63) is 23.8 Å². The van der Waals surface area contributed by atoms with Gasteiger partial charge in [-0.15, -0.1) is 0 Å². The summed E-state index contributed by atoms with van der Waals surface area (Å²) in [5.74, 6) is 0.753. The molecule has 1 aromatic rings. The van der Waals surface area contributed by atoms with E-state index in [0.717, 1.165) is 12.0 Å². The van der Waals surface area contributed by atoms with Crippen LogP contribution in [0.4, 0.5) is 4.79 Å². The second-order valence-corrected chi connectivity index (χ2v) is 6.70. The van der Waals surface area contributed by atoms with Crippen molar-refractivity contribution in [2.45, 2.75) is 19.3 Å². The molecule has 8 heteroatoms. The first-order chi connectivity index (χ1) is 13.5. The lowest BCUT2D eigenvalue weighted by Crippen LogP contribution is -2.40. The number of likely N-dealkylation sites (tertiary alicyclic amines) is 1.